The van der Waals surface area contributed by atoms with Gasteiger partial charge in [0.2, 0.25) is 5.91 Å². The van der Waals surface area contributed by atoms with Crippen LogP contribution >= 0.6 is 24.0 Å². The third kappa shape index (κ3) is 5.89. The van der Waals surface area contributed by atoms with Crippen molar-refractivity contribution in [2.24, 2.45) is 0 Å². The minimum absolute atomic E-state index is 0.0106. The van der Waals surface area contributed by atoms with Crippen LogP contribution in [-0.4, -0.2) is 57.3 Å². The maximum atomic E-state index is 12.6. The Balaban J connectivity index is 1.93. The third-order valence-corrected chi connectivity index (χ3v) is 5.81. The molecule has 0 atom stereocenters. The second kappa shape index (κ2) is 10.6. The van der Waals surface area contributed by atoms with Crippen LogP contribution in [0.1, 0.15) is 37.8 Å². The number of thioether (sulfide) groups is 1. The quantitative estimate of drug-likeness (QED) is 0.504. The van der Waals surface area contributed by atoms with Crippen molar-refractivity contribution in [2.45, 2.75) is 33.1 Å². The molecule has 2 rings (SSSR count). The number of aliphatic hydroxyl groups excluding tert-OH is 1. The fraction of sp³-hybridized carbons (Fsp3) is 0.450. The molecular formula is C20H26N2O3S2. The number of thiocarbonyl (C=S) groups is 1. The summed E-state index contributed by atoms with van der Waals surface area (Å²) in [6.45, 7) is 5.29. The molecule has 0 aliphatic carbocycles. The van der Waals surface area contributed by atoms with Gasteiger partial charge in [0, 0.05) is 26.1 Å². The van der Waals surface area contributed by atoms with Gasteiger partial charge in [0.15, 0.2) is 0 Å². The van der Waals surface area contributed by atoms with Gasteiger partial charge in [-0.25, -0.2) is 0 Å². The summed E-state index contributed by atoms with van der Waals surface area (Å²) in [5.74, 6) is -0.108. The zero-order valence-corrected chi connectivity index (χ0v) is 17.4. The number of hydrogen-bond donors (Lipinski definition) is 1. The average Bonchev–Trinajstić information content (AvgIpc) is 2.93. The van der Waals surface area contributed by atoms with Gasteiger partial charge in [0.05, 0.1) is 11.5 Å². The molecule has 0 bridgehead atoms. The van der Waals surface area contributed by atoms with Gasteiger partial charge in [-0.1, -0.05) is 55.2 Å². The van der Waals surface area contributed by atoms with Crippen molar-refractivity contribution in [1.29, 1.82) is 0 Å². The second-order valence-corrected chi connectivity index (χ2v) is 7.90. The molecular weight excluding hydrogens is 380 g/mol. The van der Waals surface area contributed by atoms with Gasteiger partial charge in [-0.2, -0.15) is 0 Å². The number of nitrogens with zero attached hydrogens (tertiary/aromatic N) is 2. The molecule has 1 aliphatic heterocycles. The number of aryl methyl sites for hydroxylation is 1. The first-order valence-corrected chi connectivity index (χ1v) is 10.5. The first kappa shape index (κ1) is 21.6. The molecule has 1 aromatic carbocycles. The summed E-state index contributed by atoms with van der Waals surface area (Å²) < 4.78 is 0.534. The molecule has 5 nitrogen and oxygen atoms in total. The van der Waals surface area contributed by atoms with Crippen LogP contribution in [0.4, 0.5) is 0 Å². The molecule has 1 aliphatic rings. The average molecular weight is 407 g/mol. The van der Waals surface area contributed by atoms with Crippen molar-refractivity contribution in [2.75, 3.05) is 26.2 Å². The van der Waals surface area contributed by atoms with Gasteiger partial charge < -0.3 is 10.0 Å². The van der Waals surface area contributed by atoms with Crippen LogP contribution in [0.15, 0.2) is 29.2 Å². The summed E-state index contributed by atoms with van der Waals surface area (Å²) in [7, 11) is 0. The van der Waals surface area contributed by atoms with Crippen molar-refractivity contribution in [3.05, 3.63) is 40.3 Å². The molecule has 1 saturated heterocycles. The highest BCUT2D eigenvalue weighted by atomic mass is 32.2. The lowest BCUT2D eigenvalue weighted by atomic mass is 10.1. The molecule has 0 aromatic heterocycles. The van der Waals surface area contributed by atoms with E-state index in [0.29, 0.717) is 41.7 Å². The largest absolute Gasteiger partial charge is 0.395 e. The Morgan fingerprint density at radius 3 is 2.59 bits per heavy atom. The second-order valence-electron chi connectivity index (χ2n) is 6.23. The minimum atomic E-state index is -0.0975. The first-order chi connectivity index (χ1) is 13.0. The van der Waals surface area contributed by atoms with E-state index in [1.807, 2.05) is 25.1 Å². The van der Waals surface area contributed by atoms with E-state index < -0.39 is 0 Å². The van der Waals surface area contributed by atoms with Crippen LogP contribution in [0.5, 0.6) is 0 Å². The molecule has 1 aromatic rings. The van der Waals surface area contributed by atoms with E-state index in [1.165, 1.54) is 17.3 Å². The third-order valence-electron chi connectivity index (χ3n) is 4.44. The standard InChI is InChI=1S/C20H26N2O3S2/c1-3-15-7-9-16(10-8-15)14-17-19(25)22(20(26)27-17)11-5-6-18(24)21(4-2)12-13-23/h7-10,14,23H,3-6,11-13H2,1-2H3/b17-14+. The van der Waals surface area contributed by atoms with E-state index in [2.05, 4.69) is 19.1 Å². The number of carbonyl (C=O) groups is 2. The Morgan fingerprint density at radius 2 is 2.00 bits per heavy atom. The van der Waals surface area contributed by atoms with Gasteiger partial charge in [-0.05, 0) is 37.0 Å². The molecule has 0 spiro atoms. The Morgan fingerprint density at radius 1 is 1.30 bits per heavy atom. The fourth-order valence-corrected chi connectivity index (χ4v) is 4.13. The number of hydrogen-bond acceptors (Lipinski definition) is 5. The van der Waals surface area contributed by atoms with Crippen molar-refractivity contribution < 1.29 is 14.7 Å². The molecule has 0 saturated carbocycles. The number of amides is 2. The summed E-state index contributed by atoms with van der Waals surface area (Å²) in [6, 6.07) is 8.13. The molecule has 0 radical (unpaired) electrons. The molecule has 1 N–H and O–H groups in total. The van der Waals surface area contributed by atoms with Crippen LogP contribution in [0.2, 0.25) is 0 Å². The zero-order valence-electron chi connectivity index (χ0n) is 15.8. The smallest absolute Gasteiger partial charge is 0.266 e. The molecule has 27 heavy (non-hydrogen) atoms. The van der Waals surface area contributed by atoms with E-state index in [4.69, 9.17) is 17.3 Å². The maximum absolute atomic E-state index is 12.6. The summed E-state index contributed by atoms with van der Waals surface area (Å²) in [4.78, 5) is 28.6. The van der Waals surface area contributed by atoms with Crippen LogP contribution in [0.25, 0.3) is 6.08 Å². The molecule has 1 heterocycles. The van der Waals surface area contributed by atoms with E-state index in [0.717, 1.165) is 12.0 Å². The van der Waals surface area contributed by atoms with Gasteiger partial charge in [-0.3, -0.25) is 14.5 Å². The number of rotatable bonds is 9. The van der Waals surface area contributed by atoms with E-state index in [9.17, 15) is 9.59 Å². The molecule has 2 amide bonds. The van der Waals surface area contributed by atoms with Gasteiger partial charge in [-0.15, -0.1) is 0 Å². The van der Waals surface area contributed by atoms with Crippen molar-refractivity contribution in [3.63, 3.8) is 0 Å². The van der Waals surface area contributed by atoms with Crippen LogP contribution < -0.4 is 0 Å². The molecule has 146 valence electrons. The molecule has 0 unspecified atom stereocenters. The lowest BCUT2D eigenvalue weighted by Gasteiger charge is -2.20. The summed E-state index contributed by atoms with van der Waals surface area (Å²) in [5, 5.41) is 8.99. The van der Waals surface area contributed by atoms with Gasteiger partial charge in [0.25, 0.3) is 5.91 Å². The van der Waals surface area contributed by atoms with Crippen LogP contribution in [-0.2, 0) is 16.0 Å². The molecule has 1 fully saturated rings. The minimum Gasteiger partial charge on any atom is -0.395 e. The highest BCUT2D eigenvalue weighted by molar-refractivity contribution is 8.26. The predicted octanol–water partition coefficient (Wildman–Crippen LogP) is 3.07. The zero-order chi connectivity index (χ0) is 19.8. The van der Waals surface area contributed by atoms with Crippen LogP contribution in [0, 0.1) is 0 Å². The summed E-state index contributed by atoms with van der Waals surface area (Å²) in [5.41, 5.74) is 2.23. The highest BCUT2D eigenvalue weighted by Crippen LogP contribution is 2.32. The maximum Gasteiger partial charge on any atom is 0.266 e. The molecule has 7 heteroatoms. The number of aliphatic hydroxyl groups is 1. The number of carbonyl (C=O) groups excluding carboxylic acids is 2. The normalized spacial score (nSPS) is 15.7. The number of likely N-dealkylation sites (N-methyl/N-ethyl adjacent to an activating group) is 1. The topological polar surface area (TPSA) is 60.9 Å². The Kier molecular flexibility index (Phi) is 8.47. The van der Waals surface area contributed by atoms with Crippen molar-refractivity contribution in [1.82, 2.24) is 9.80 Å². The van der Waals surface area contributed by atoms with Gasteiger partial charge >= 0.3 is 0 Å². The Hall–Kier alpha value is -1.70. The summed E-state index contributed by atoms with van der Waals surface area (Å²) in [6.07, 6.45) is 3.73. The Bertz CT molecular complexity index is 716. The predicted molar refractivity (Wildman–Crippen MR) is 114 cm³/mol. The monoisotopic (exact) mass is 406 g/mol. The Labute approximate surface area is 170 Å². The van der Waals surface area contributed by atoms with E-state index in [-0.39, 0.29) is 18.4 Å². The SMILES string of the molecule is CCc1ccc(/C=C2/SC(=S)N(CCCC(=O)N(CC)CCO)C2=O)cc1. The lowest BCUT2D eigenvalue weighted by molar-refractivity contribution is -0.132. The van der Waals surface area contributed by atoms with Crippen LogP contribution in [0.3, 0.4) is 0 Å². The summed E-state index contributed by atoms with van der Waals surface area (Å²) >= 11 is 6.65. The van der Waals surface area contributed by atoms with E-state index in [1.54, 1.807) is 9.80 Å². The highest BCUT2D eigenvalue weighted by Gasteiger charge is 2.31. The van der Waals surface area contributed by atoms with E-state index >= 15 is 0 Å². The first-order valence-electron chi connectivity index (χ1n) is 9.23. The lowest BCUT2D eigenvalue weighted by Crippen LogP contribution is -2.34. The van der Waals surface area contributed by atoms with Crippen molar-refractivity contribution in [3.8, 4) is 0 Å². The van der Waals surface area contributed by atoms with Gasteiger partial charge in [0.1, 0.15) is 4.32 Å². The van der Waals surface area contributed by atoms with Crippen molar-refractivity contribution >= 4 is 46.2 Å². The fourth-order valence-electron chi connectivity index (χ4n) is 2.82. The number of benzene rings is 1.